The van der Waals surface area contributed by atoms with Crippen molar-refractivity contribution in [2.45, 2.75) is 58.0 Å². The Morgan fingerprint density at radius 2 is 2.04 bits per heavy atom. The minimum absolute atomic E-state index is 0.170. The van der Waals surface area contributed by atoms with Crippen LogP contribution in [0, 0.1) is 11.8 Å². The van der Waals surface area contributed by atoms with Gasteiger partial charge in [-0.2, -0.15) is 0 Å². The third-order valence-electron chi connectivity index (χ3n) is 6.50. The summed E-state index contributed by atoms with van der Waals surface area (Å²) in [5, 5.41) is 3.14. The molecule has 1 N–H and O–H groups in total. The maximum Gasteiger partial charge on any atom is 0.317 e. The molecule has 0 unspecified atom stereocenters. The Labute approximate surface area is 147 Å². The lowest BCUT2D eigenvalue weighted by atomic mass is 9.90. The van der Waals surface area contributed by atoms with Crippen molar-refractivity contribution in [3.05, 3.63) is 0 Å². The van der Waals surface area contributed by atoms with Crippen LogP contribution < -0.4 is 5.32 Å². The molecule has 2 amide bonds. The first-order chi connectivity index (χ1) is 11.6. The van der Waals surface area contributed by atoms with Crippen LogP contribution in [0.4, 0.5) is 4.79 Å². The fourth-order valence-electron chi connectivity index (χ4n) is 4.77. The van der Waals surface area contributed by atoms with Gasteiger partial charge in [-0.3, -0.25) is 4.90 Å². The second-order valence-corrected chi connectivity index (χ2v) is 8.40. The number of amides is 2. The van der Waals surface area contributed by atoms with Crippen LogP contribution in [0.15, 0.2) is 0 Å². The zero-order valence-electron chi connectivity index (χ0n) is 15.8. The SMILES string of the molecule is CC(C)N(C)CCCCNC(=O)N1C[C@@H]2CN3CCCC[C@@H]3[C@H]2C1. The summed E-state index contributed by atoms with van der Waals surface area (Å²) in [5.74, 6) is 1.45. The number of nitrogens with zero attached hydrogens (tertiary/aromatic N) is 3. The van der Waals surface area contributed by atoms with Gasteiger partial charge in [0.2, 0.25) is 0 Å². The number of carbonyl (C=O) groups excluding carboxylic acids is 1. The van der Waals surface area contributed by atoms with Crippen LogP contribution in [0.1, 0.15) is 46.0 Å². The molecule has 3 atom stereocenters. The van der Waals surface area contributed by atoms with Crippen molar-refractivity contribution in [1.29, 1.82) is 0 Å². The summed E-state index contributed by atoms with van der Waals surface area (Å²) in [6.45, 7) is 10.8. The van der Waals surface area contributed by atoms with Gasteiger partial charge in [-0.25, -0.2) is 4.79 Å². The van der Waals surface area contributed by atoms with Gasteiger partial charge in [0.1, 0.15) is 0 Å². The molecule has 0 saturated carbocycles. The summed E-state index contributed by atoms with van der Waals surface area (Å²) in [6.07, 6.45) is 6.31. The lowest BCUT2D eigenvalue weighted by Gasteiger charge is -2.33. The normalized spacial score (nSPS) is 30.0. The van der Waals surface area contributed by atoms with E-state index in [4.69, 9.17) is 0 Å². The van der Waals surface area contributed by atoms with Gasteiger partial charge in [0.05, 0.1) is 0 Å². The monoisotopic (exact) mass is 336 g/mol. The van der Waals surface area contributed by atoms with Crippen LogP contribution in [0.25, 0.3) is 0 Å². The van der Waals surface area contributed by atoms with Crippen molar-refractivity contribution in [2.24, 2.45) is 11.8 Å². The molecule has 5 nitrogen and oxygen atoms in total. The van der Waals surface area contributed by atoms with Gasteiger partial charge < -0.3 is 15.1 Å². The molecule has 3 heterocycles. The van der Waals surface area contributed by atoms with E-state index in [1.807, 2.05) is 0 Å². The smallest absolute Gasteiger partial charge is 0.317 e. The lowest BCUT2D eigenvalue weighted by molar-refractivity contribution is 0.154. The third-order valence-corrected chi connectivity index (χ3v) is 6.50. The first kappa shape index (κ1) is 18.0. The number of unbranched alkanes of at least 4 members (excludes halogenated alkanes) is 1. The Kier molecular flexibility index (Phi) is 6.03. The van der Waals surface area contributed by atoms with Crippen molar-refractivity contribution in [2.75, 3.05) is 46.3 Å². The van der Waals surface area contributed by atoms with E-state index in [0.717, 1.165) is 56.9 Å². The number of hydrogen-bond acceptors (Lipinski definition) is 3. The number of nitrogens with one attached hydrogen (secondary N) is 1. The highest BCUT2D eigenvalue weighted by molar-refractivity contribution is 5.74. The molecule has 3 fully saturated rings. The summed E-state index contributed by atoms with van der Waals surface area (Å²) in [5.41, 5.74) is 0. The van der Waals surface area contributed by atoms with Gasteiger partial charge in [-0.1, -0.05) is 6.42 Å². The van der Waals surface area contributed by atoms with Crippen molar-refractivity contribution in [3.63, 3.8) is 0 Å². The number of hydrogen-bond donors (Lipinski definition) is 1. The molecule has 0 bridgehead atoms. The van der Waals surface area contributed by atoms with E-state index in [2.05, 4.69) is 40.9 Å². The summed E-state index contributed by atoms with van der Waals surface area (Å²) >= 11 is 0. The topological polar surface area (TPSA) is 38.8 Å². The van der Waals surface area contributed by atoms with E-state index in [1.165, 1.54) is 32.4 Å². The van der Waals surface area contributed by atoms with Gasteiger partial charge in [0, 0.05) is 38.3 Å². The first-order valence-electron chi connectivity index (χ1n) is 10.0. The van der Waals surface area contributed by atoms with Crippen LogP contribution in [-0.4, -0.2) is 79.1 Å². The van der Waals surface area contributed by atoms with E-state index in [0.29, 0.717) is 6.04 Å². The minimum atomic E-state index is 0.170. The van der Waals surface area contributed by atoms with Crippen LogP contribution in [-0.2, 0) is 0 Å². The number of piperidine rings is 1. The summed E-state index contributed by atoms with van der Waals surface area (Å²) in [6, 6.07) is 1.53. The van der Waals surface area contributed by atoms with Crippen LogP contribution in [0.3, 0.4) is 0 Å². The molecular weight excluding hydrogens is 300 g/mol. The number of carbonyl (C=O) groups is 1. The van der Waals surface area contributed by atoms with E-state index in [1.54, 1.807) is 0 Å². The number of urea groups is 1. The highest BCUT2D eigenvalue weighted by Gasteiger charge is 2.48. The quantitative estimate of drug-likeness (QED) is 0.756. The molecular formula is C19H36N4O. The first-order valence-corrected chi connectivity index (χ1v) is 10.0. The van der Waals surface area contributed by atoms with Crippen molar-refractivity contribution in [3.8, 4) is 0 Å². The highest BCUT2D eigenvalue weighted by Crippen LogP contribution is 2.40. The molecule has 0 spiro atoms. The van der Waals surface area contributed by atoms with Gasteiger partial charge in [0.25, 0.3) is 0 Å². The Morgan fingerprint density at radius 1 is 1.21 bits per heavy atom. The largest absolute Gasteiger partial charge is 0.338 e. The predicted molar refractivity (Wildman–Crippen MR) is 98.2 cm³/mol. The predicted octanol–water partition coefficient (Wildman–Crippen LogP) is 2.23. The second-order valence-electron chi connectivity index (χ2n) is 8.40. The standard InChI is InChI=1S/C19H36N4O/c1-15(2)21(3)10-7-5-9-20-19(24)23-13-16-12-22-11-6-4-8-18(22)17(16)14-23/h15-18H,4-14H2,1-3H3,(H,20,24)/t16-,17-,18+/m0/s1. The Morgan fingerprint density at radius 3 is 2.83 bits per heavy atom. The van der Waals surface area contributed by atoms with Crippen LogP contribution in [0.2, 0.25) is 0 Å². The Balaban J connectivity index is 1.34. The molecule has 3 rings (SSSR count). The minimum Gasteiger partial charge on any atom is -0.338 e. The molecule has 0 aromatic carbocycles. The zero-order chi connectivity index (χ0) is 17.1. The van der Waals surface area contributed by atoms with Gasteiger partial charge in [0.15, 0.2) is 0 Å². The van der Waals surface area contributed by atoms with Crippen molar-refractivity contribution in [1.82, 2.24) is 20.0 Å². The van der Waals surface area contributed by atoms with Gasteiger partial charge >= 0.3 is 6.03 Å². The molecule has 5 heteroatoms. The Hall–Kier alpha value is -0.810. The van der Waals surface area contributed by atoms with Crippen LogP contribution in [0.5, 0.6) is 0 Å². The van der Waals surface area contributed by atoms with E-state index < -0.39 is 0 Å². The Bertz CT molecular complexity index is 428. The zero-order valence-corrected chi connectivity index (χ0v) is 15.8. The third kappa shape index (κ3) is 4.05. The molecule has 138 valence electrons. The maximum atomic E-state index is 12.4. The second kappa shape index (κ2) is 8.05. The molecule has 24 heavy (non-hydrogen) atoms. The molecule has 0 aromatic rings. The summed E-state index contributed by atoms with van der Waals surface area (Å²) < 4.78 is 0. The molecule has 0 aromatic heterocycles. The average Bonchev–Trinajstić information content (AvgIpc) is 3.11. The molecule has 3 aliphatic heterocycles. The molecule has 3 saturated heterocycles. The highest BCUT2D eigenvalue weighted by atomic mass is 16.2. The average molecular weight is 337 g/mol. The van der Waals surface area contributed by atoms with Crippen molar-refractivity contribution >= 4 is 6.03 Å². The van der Waals surface area contributed by atoms with E-state index in [9.17, 15) is 4.79 Å². The maximum absolute atomic E-state index is 12.4. The molecule has 3 aliphatic rings. The van der Waals surface area contributed by atoms with Gasteiger partial charge in [-0.15, -0.1) is 0 Å². The number of fused-ring (bicyclic) bond motifs is 3. The number of rotatable bonds is 6. The molecule has 0 aliphatic carbocycles. The lowest BCUT2D eigenvalue weighted by Crippen LogP contribution is -2.43. The van der Waals surface area contributed by atoms with Gasteiger partial charge in [-0.05, 0) is 71.5 Å². The van der Waals surface area contributed by atoms with E-state index in [-0.39, 0.29) is 6.03 Å². The fraction of sp³-hybridized carbons (Fsp3) is 0.947. The van der Waals surface area contributed by atoms with E-state index >= 15 is 0 Å². The van der Waals surface area contributed by atoms with Crippen LogP contribution >= 0.6 is 0 Å². The van der Waals surface area contributed by atoms with Crippen molar-refractivity contribution < 1.29 is 4.79 Å². The fourth-order valence-corrected chi connectivity index (χ4v) is 4.77. The number of likely N-dealkylation sites (tertiary alicyclic amines) is 1. The molecule has 0 radical (unpaired) electrons. The summed E-state index contributed by atoms with van der Waals surface area (Å²) in [4.78, 5) is 19.6. The summed E-state index contributed by atoms with van der Waals surface area (Å²) in [7, 11) is 2.17.